The molecule has 0 unspecified atom stereocenters. The molecule has 0 saturated heterocycles. The first-order chi connectivity index (χ1) is 9.29. The summed E-state index contributed by atoms with van der Waals surface area (Å²) in [4.78, 5) is 22.2. The Morgan fingerprint density at radius 3 is 2.50 bits per heavy atom. The largest absolute Gasteiger partial charge is 0.507 e. The number of carbonyl (C=O) groups excluding carboxylic acids is 1. The lowest BCUT2D eigenvalue weighted by molar-refractivity contribution is -0.120. The number of thiocarbonyl (C=S) groups is 1. The monoisotopic (exact) mass is 296 g/mol. The third-order valence-electron chi connectivity index (χ3n) is 2.33. The molecule has 0 heterocycles. The Bertz CT molecular complexity index is 543. The molecule has 20 heavy (non-hydrogen) atoms. The first-order valence-corrected chi connectivity index (χ1v) is 6.37. The van der Waals surface area contributed by atoms with E-state index < -0.39 is 5.97 Å². The topological polar surface area (TPSA) is 98.7 Å². The molecule has 0 aliphatic carbocycles. The van der Waals surface area contributed by atoms with Crippen LogP contribution in [-0.4, -0.2) is 27.2 Å². The fourth-order valence-electron chi connectivity index (χ4n) is 1.50. The van der Waals surface area contributed by atoms with Gasteiger partial charge in [-0.3, -0.25) is 4.79 Å². The van der Waals surface area contributed by atoms with E-state index in [1.807, 2.05) is 13.8 Å². The van der Waals surface area contributed by atoms with Crippen LogP contribution in [0.2, 0.25) is 0 Å². The van der Waals surface area contributed by atoms with Gasteiger partial charge in [-0.2, -0.15) is 0 Å². The summed E-state index contributed by atoms with van der Waals surface area (Å²) >= 11 is 4.95. The van der Waals surface area contributed by atoms with Crippen molar-refractivity contribution in [2.75, 3.05) is 5.32 Å². The number of hydrogen-bond acceptors (Lipinski definition) is 4. The summed E-state index contributed by atoms with van der Waals surface area (Å²) in [5, 5.41) is 23.6. The van der Waals surface area contributed by atoms with Crippen LogP contribution in [-0.2, 0) is 4.79 Å². The second-order valence-electron chi connectivity index (χ2n) is 4.64. The van der Waals surface area contributed by atoms with Crippen LogP contribution in [0.3, 0.4) is 0 Å². The molecule has 108 valence electrons. The van der Waals surface area contributed by atoms with Gasteiger partial charge in [0.05, 0.1) is 0 Å². The van der Waals surface area contributed by atoms with Crippen molar-refractivity contribution in [3.05, 3.63) is 23.8 Å². The number of amides is 1. The Balaban J connectivity index is 2.65. The van der Waals surface area contributed by atoms with Crippen molar-refractivity contribution in [3.63, 3.8) is 0 Å². The van der Waals surface area contributed by atoms with E-state index in [9.17, 15) is 14.7 Å². The number of hydrogen-bond donors (Lipinski definition) is 4. The molecule has 7 heteroatoms. The van der Waals surface area contributed by atoms with Gasteiger partial charge < -0.3 is 20.8 Å². The standard InChI is InChI=1S/C13H16N2O4S/c1-7(2)5-11(17)15-13(20)14-8-3-4-9(12(18)19)10(16)6-8/h3-4,6-7,16H,5H2,1-2H3,(H,18,19)(H2,14,15,17,20). The van der Waals surface area contributed by atoms with E-state index in [2.05, 4.69) is 10.6 Å². The number of carboxylic acids is 1. The minimum absolute atomic E-state index is 0.0955. The van der Waals surface area contributed by atoms with Gasteiger partial charge >= 0.3 is 5.97 Å². The Labute approximate surface area is 121 Å². The molecular weight excluding hydrogens is 280 g/mol. The molecule has 0 aliphatic rings. The van der Waals surface area contributed by atoms with Crippen molar-refractivity contribution in [2.24, 2.45) is 5.92 Å². The number of aromatic hydroxyl groups is 1. The summed E-state index contributed by atoms with van der Waals surface area (Å²) < 4.78 is 0. The molecule has 1 aromatic carbocycles. The van der Waals surface area contributed by atoms with Gasteiger partial charge in [0, 0.05) is 18.2 Å². The van der Waals surface area contributed by atoms with Crippen LogP contribution < -0.4 is 10.6 Å². The minimum Gasteiger partial charge on any atom is -0.507 e. The van der Waals surface area contributed by atoms with Gasteiger partial charge in [-0.05, 0) is 30.3 Å². The molecule has 1 rings (SSSR count). The average molecular weight is 296 g/mol. The summed E-state index contributed by atoms with van der Waals surface area (Å²) in [5.41, 5.74) is 0.188. The molecule has 0 bridgehead atoms. The maximum atomic E-state index is 11.5. The zero-order chi connectivity index (χ0) is 15.3. The highest BCUT2D eigenvalue weighted by atomic mass is 32.1. The molecule has 0 aromatic heterocycles. The molecule has 1 aromatic rings. The Morgan fingerprint density at radius 1 is 1.35 bits per heavy atom. The third-order valence-corrected chi connectivity index (χ3v) is 2.54. The number of rotatable bonds is 4. The van der Waals surface area contributed by atoms with Crippen LogP contribution >= 0.6 is 12.2 Å². The molecule has 1 amide bonds. The molecule has 6 nitrogen and oxygen atoms in total. The molecule has 0 fully saturated rings. The molecular formula is C13H16N2O4S. The lowest BCUT2D eigenvalue weighted by atomic mass is 10.1. The van der Waals surface area contributed by atoms with Crippen LogP contribution in [0.25, 0.3) is 0 Å². The number of aromatic carboxylic acids is 1. The quantitative estimate of drug-likeness (QED) is 0.634. The molecule has 0 aliphatic heterocycles. The summed E-state index contributed by atoms with van der Waals surface area (Å²) in [5.74, 6) is -1.58. The van der Waals surface area contributed by atoms with Gasteiger partial charge in [0.15, 0.2) is 5.11 Å². The molecule has 4 N–H and O–H groups in total. The van der Waals surface area contributed by atoms with Crippen molar-refractivity contribution < 1.29 is 19.8 Å². The maximum absolute atomic E-state index is 11.5. The first-order valence-electron chi connectivity index (χ1n) is 5.96. The van der Waals surface area contributed by atoms with E-state index in [-0.39, 0.29) is 28.3 Å². The number of benzene rings is 1. The van der Waals surface area contributed by atoms with Crippen LogP contribution in [0, 0.1) is 5.92 Å². The van der Waals surface area contributed by atoms with Crippen LogP contribution in [0.4, 0.5) is 5.69 Å². The Kier molecular flexibility index (Phi) is 5.45. The van der Waals surface area contributed by atoms with Crippen LogP contribution in [0.5, 0.6) is 5.75 Å². The highest BCUT2D eigenvalue weighted by Gasteiger charge is 2.11. The normalized spacial score (nSPS) is 10.2. The fraction of sp³-hybridized carbons (Fsp3) is 0.308. The highest BCUT2D eigenvalue weighted by Crippen LogP contribution is 2.21. The smallest absolute Gasteiger partial charge is 0.339 e. The minimum atomic E-state index is -1.22. The Morgan fingerprint density at radius 2 is 2.00 bits per heavy atom. The van der Waals surface area contributed by atoms with Crippen molar-refractivity contribution in [2.45, 2.75) is 20.3 Å². The zero-order valence-corrected chi connectivity index (χ0v) is 12.0. The van der Waals surface area contributed by atoms with E-state index in [0.29, 0.717) is 12.1 Å². The van der Waals surface area contributed by atoms with Gasteiger partial charge in [-0.1, -0.05) is 13.8 Å². The summed E-state index contributed by atoms with van der Waals surface area (Å²) in [6.45, 7) is 3.83. The highest BCUT2D eigenvalue weighted by molar-refractivity contribution is 7.80. The molecule has 0 radical (unpaired) electrons. The first kappa shape index (κ1) is 15.9. The number of carbonyl (C=O) groups is 2. The maximum Gasteiger partial charge on any atom is 0.339 e. The van der Waals surface area contributed by atoms with E-state index >= 15 is 0 Å². The van der Waals surface area contributed by atoms with Gasteiger partial charge in [0.25, 0.3) is 0 Å². The van der Waals surface area contributed by atoms with Crippen molar-refractivity contribution in [3.8, 4) is 5.75 Å². The number of nitrogens with one attached hydrogen (secondary N) is 2. The number of phenols is 1. The van der Waals surface area contributed by atoms with Gasteiger partial charge in [-0.25, -0.2) is 4.79 Å². The van der Waals surface area contributed by atoms with E-state index in [1.165, 1.54) is 18.2 Å². The van der Waals surface area contributed by atoms with Gasteiger partial charge in [0.1, 0.15) is 11.3 Å². The molecule has 0 atom stereocenters. The zero-order valence-electron chi connectivity index (χ0n) is 11.1. The van der Waals surface area contributed by atoms with Crippen molar-refractivity contribution in [1.82, 2.24) is 5.32 Å². The second kappa shape index (κ2) is 6.85. The summed E-state index contributed by atoms with van der Waals surface area (Å²) in [6.07, 6.45) is 0.352. The van der Waals surface area contributed by atoms with Crippen LogP contribution in [0.1, 0.15) is 30.6 Å². The van der Waals surface area contributed by atoms with Crippen LogP contribution in [0.15, 0.2) is 18.2 Å². The molecule has 0 saturated carbocycles. The SMILES string of the molecule is CC(C)CC(=O)NC(=S)Nc1ccc(C(=O)O)c(O)c1. The number of anilines is 1. The van der Waals surface area contributed by atoms with E-state index in [1.54, 1.807) is 0 Å². The van der Waals surface area contributed by atoms with Crippen molar-refractivity contribution >= 4 is 34.9 Å². The van der Waals surface area contributed by atoms with Crippen molar-refractivity contribution in [1.29, 1.82) is 0 Å². The Hall–Kier alpha value is -2.15. The summed E-state index contributed by atoms with van der Waals surface area (Å²) in [7, 11) is 0. The lowest BCUT2D eigenvalue weighted by Crippen LogP contribution is -2.34. The van der Waals surface area contributed by atoms with E-state index in [4.69, 9.17) is 17.3 Å². The van der Waals surface area contributed by atoms with E-state index in [0.717, 1.165) is 0 Å². The third kappa shape index (κ3) is 4.85. The second-order valence-corrected chi connectivity index (χ2v) is 5.05. The van der Waals surface area contributed by atoms with Gasteiger partial charge in [-0.15, -0.1) is 0 Å². The summed E-state index contributed by atoms with van der Waals surface area (Å²) in [6, 6.07) is 3.92. The fourth-order valence-corrected chi connectivity index (χ4v) is 1.73. The predicted octanol–water partition coefficient (Wildman–Crippen LogP) is 1.95. The lowest BCUT2D eigenvalue weighted by Gasteiger charge is -2.11. The predicted molar refractivity (Wildman–Crippen MR) is 78.9 cm³/mol. The van der Waals surface area contributed by atoms with Gasteiger partial charge in [0.2, 0.25) is 5.91 Å². The molecule has 0 spiro atoms. The average Bonchev–Trinajstić information content (AvgIpc) is 2.26. The number of carboxylic acid groups (broad SMARTS) is 1.